The number of sulfone groups is 1. The van der Waals surface area contributed by atoms with Gasteiger partial charge in [0.1, 0.15) is 10.6 Å². The second-order valence-electron chi connectivity index (χ2n) is 3.82. The zero-order valence-corrected chi connectivity index (χ0v) is 10.2. The van der Waals surface area contributed by atoms with E-state index in [4.69, 9.17) is 5.11 Å². The van der Waals surface area contributed by atoms with Gasteiger partial charge in [0.2, 0.25) is 0 Å². The van der Waals surface area contributed by atoms with Gasteiger partial charge in [-0.05, 0) is 30.5 Å². The van der Waals surface area contributed by atoms with Gasteiger partial charge in [-0.15, -0.1) is 0 Å². The molecule has 5 nitrogen and oxygen atoms in total. The predicted octanol–water partition coefficient (Wildman–Crippen LogP) is 1.20. The standard InChI is InChI=1S/C11H14O5S/c1-17(15,16)10-6-5-8(7-9(10)12)3-2-4-11(13)14/h5-7,12H,2-4H2,1H3,(H,13,14). The van der Waals surface area contributed by atoms with Crippen LogP contribution < -0.4 is 0 Å². The van der Waals surface area contributed by atoms with Gasteiger partial charge in [-0.2, -0.15) is 0 Å². The zero-order valence-electron chi connectivity index (χ0n) is 9.38. The van der Waals surface area contributed by atoms with E-state index in [1.807, 2.05) is 0 Å². The molecule has 1 rings (SSSR count). The Hall–Kier alpha value is -1.56. The third kappa shape index (κ3) is 4.07. The molecule has 2 N–H and O–H groups in total. The molecule has 0 atom stereocenters. The summed E-state index contributed by atoms with van der Waals surface area (Å²) in [5, 5.41) is 18.0. The predicted molar refractivity (Wildman–Crippen MR) is 61.8 cm³/mol. The average Bonchev–Trinajstić information content (AvgIpc) is 2.14. The monoisotopic (exact) mass is 258 g/mol. The lowest BCUT2D eigenvalue weighted by molar-refractivity contribution is -0.137. The molecule has 0 saturated heterocycles. The van der Waals surface area contributed by atoms with Crippen molar-refractivity contribution in [1.29, 1.82) is 0 Å². The average molecular weight is 258 g/mol. The third-order valence-electron chi connectivity index (χ3n) is 2.28. The minimum absolute atomic E-state index is 0.0502. The van der Waals surface area contributed by atoms with Gasteiger partial charge in [-0.1, -0.05) is 6.07 Å². The Morgan fingerprint density at radius 2 is 2.00 bits per heavy atom. The second-order valence-corrected chi connectivity index (χ2v) is 5.81. The fourth-order valence-electron chi connectivity index (χ4n) is 1.48. The SMILES string of the molecule is CS(=O)(=O)c1ccc(CCCC(=O)O)cc1O. The van der Waals surface area contributed by atoms with Crippen LogP contribution in [0.15, 0.2) is 23.1 Å². The number of phenolic OH excluding ortho intramolecular Hbond substituents is 1. The number of aromatic hydroxyl groups is 1. The molecular weight excluding hydrogens is 244 g/mol. The lowest BCUT2D eigenvalue weighted by Gasteiger charge is -2.05. The highest BCUT2D eigenvalue weighted by Crippen LogP contribution is 2.24. The number of aryl methyl sites for hydroxylation is 1. The first-order chi connectivity index (χ1) is 7.80. The molecule has 0 bridgehead atoms. The van der Waals surface area contributed by atoms with Crippen LogP contribution in [0, 0.1) is 0 Å². The lowest BCUT2D eigenvalue weighted by Crippen LogP contribution is -1.99. The normalized spacial score (nSPS) is 11.4. The molecule has 0 aliphatic rings. The van der Waals surface area contributed by atoms with Gasteiger partial charge >= 0.3 is 5.97 Å². The van der Waals surface area contributed by atoms with Crippen LogP contribution in [-0.4, -0.2) is 30.9 Å². The largest absolute Gasteiger partial charge is 0.507 e. The Kier molecular flexibility index (Phi) is 4.11. The highest BCUT2D eigenvalue weighted by molar-refractivity contribution is 7.90. The van der Waals surface area contributed by atoms with E-state index in [1.165, 1.54) is 12.1 Å². The summed E-state index contributed by atoms with van der Waals surface area (Å²) < 4.78 is 22.5. The topological polar surface area (TPSA) is 91.7 Å². The Morgan fingerprint density at radius 3 is 2.47 bits per heavy atom. The molecule has 0 radical (unpaired) electrons. The van der Waals surface area contributed by atoms with E-state index in [-0.39, 0.29) is 17.1 Å². The molecule has 0 spiro atoms. The molecule has 0 saturated carbocycles. The number of carboxylic acids is 1. The molecule has 94 valence electrons. The summed E-state index contributed by atoms with van der Waals surface area (Å²) >= 11 is 0. The van der Waals surface area contributed by atoms with Gasteiger partial charge in [0.25, 0.3) is 0 Å². The molecule has 0 aliphatic carbocycles. The molecule has 17 heavy (non-hydrogen) atoms. The van der Waals surface area contributed by atoms with E-state index >= 15 is 0 Å². The molecule has 0 fully saturated rings. The zero-order chi connectivity index (χ0) is 13.1. The van der Waals surface area contributed by atoms with Gasteiger partial charge in [0.15, 0.2) is 9.84 Å². The van der Waals surface area contributed by atoms with Crippen LogP contribution in [0.3, 0.4) is 0 Å². The minimum atomic E-state index is -3.43. The molecule has 0 amide bonds. The van der Waals surface area contributed by atoms with Crippen LogP contribution in [-0.2, 0) is 21.1 Å². The fraction of sp³-hybridized carbons (Fsp3) is 0.364. The second kappa shape index (κ2) is 5.18. The summed E-state index contributed by atoms with van der Waals surface area (Å²) in [4.78, 5) is 10.2. The maximum atomic E-state index is 11.2. The molecule has 1 aromatic rings. The number of carboxylic acid groups (broad SMARTS) is 1. The van der Waals surface area contributed by atoms with Gasteiger partial charge in [-0.25, -0.2) is 8.42 Å². The van der Waals surface area contributed by atoms with Crippen molar-refractivity contribution < 1.29 is 23.4 Å². The van der Waals surface area contributed by atoms with E-state index in [9.17, 15) is 18.3 Å². The summed E-state index contributed by atoms with van der Waals surface area (Å²) in [5.41, 5.74) is 0.719. The van der Waals surface area contributed by atoms with Gasteiger partial charge < -0.3 is 10.2 Å². The number of hydrogen-bond acceptors (Lipinski definition) is 4. The van der Waals surface area contributed by atoms with Crippen molar-refractivity contribution in [2.24, 2.45) is 0 Å². The highest BCUT2D eigenvalue weighted by atomic mass is 32.2. The number of rotatable bonds is 5. The number of phenols is 1. The van der Waals surface area contributed by atoms with Crippen molar-refractivity contribution in [3.05, 3.63) is 23.8 Å². The Bertz CT molecular complexity index is 519. The highest BCUT2D eigenvalue weighted by Gasteiger charge is 2.13. The summed E-state index contributed by atoms with van der Waals surface area (Å²) in [5.74, 6) is -1.16. The van der Waals surface area contributed by atoms with Crippen molar-refractivity contribution in [3.8, 4) is 5.75 Å². The third-order valence-corrected chi connectivity index (χ3v) is 3.42. The van der Waals surface area contributed by atoms with Crippen LogP contribution in [0.2, 0.25) is 0 Å². The van der Waals surface area contributed by atoms with Crippen LogP contribution in [0.25, 0.3) is 0 Å². The summed E-state index contributed by atoms with van der Waals surface area (Å²) in [7, 11) is -3.43. The number of benzene rings is 1. The van der Waals surface area contributed by atoms with Crippen LogP contribution in [0.4, 0.5) is 0 Å². The summed E-state index contributed by atoms with van der Waals surface area (Å²) in [6, 6.07) is 4.27. The van der Waals surface area contributed by atoms with E-state index in [0.29, 0.717) is 12.8 Å². The van der Waals surface area contributed by atoms with E-state index in [0.717, 1.165) is 11.8 Å². The first-order valence-corrected chi connectivity index (χ1v) is 6.93. The number of aliphatic carboxylic acids is 1. The number of hydrogen-bond donors (Lipinski definition) is 2. The van der Waals surface area contributed by atoms with Gasteiger partial charge in [0.05, 0.1) is 0 Å². The van der Waals surface area contributed by atoms with Crippen LogP contribution in [0.1, 0.15) is 18.4 Å². The van der Waals surface area contributed by atoms with Crippen LogP contribution >= 0.6 is 0 Å². The van der Waals surface area contributed by atoms with Crippen molar-refractivity contribution in [2.45, 2.75) is 24.2 Å². The summed E-state index contributed by atoms with van der Waals surface area (Å²) in [6.45, 7) is 0. The quantitative estimate of drug-likeness (QED) is 0.828. The smallest absolute Gasteiger partial charge is 0.303 e. The molecule has 0 heterocycles. The molecule has 0 aromatic heterocycles. The molecular formula is C11H14O5S. The minimum Gasteiger partial charge on any atom is -0.507 e. The maximum Gasteiger partial charge on any atom is 0.303 e. The van der Waals surface area contributed by atoms with E-state index in [2.05, 4.69) is 0 Å². The van der Waals surface area contributed by atoms with Crippen molar-refractivity contribution in [3.63, 3.8) is 0 Å². The van der Waals surface area contributed by atoms with Gasteiger partial charge in [0, 0.05) is 12.7 Å². The fourth-order valence-corrected chi connectivity index (χ4v) is 2.23. The molecule has 1 aromatic carbocycles. The number of carbonyl (C=O) groups is 1. The van der Waals surface area contributed by atoms with E-state index < -0.39 is 15.8 Å². The molecule has 0 unspecified atom stereocenters. The first kappa shape index (κ1) is 13.5. The summed E-state index contributed by atoms with van der Waals surface area (Å²) in [6.07, 6.45) is 2.01. The Balaban J connectivity index is 2.79. The Morgan fingerprint density at radius 1 is 1.35 bits per heavy atom. The maximum absolute atomic E-state index is 11.2. The van der Waals surface area contributed by atoms with Crippen molar-refractivity contribution in [1.82, 2.24) is 0 Å². The molecule has 6 heteroatoms. The van der Waals surface area contributed by atoms with Crippen LogP contribution in [0.5, 0.6) is 5.75 Å². The lowest BCUT2D eigenvalue weighted by atomic mass is 10.1. The first-order valence-electron chi connectivity index (χ1n) is 5.04. The van der Waals surface area contributed by atoms with Gasteiger partial charge in [-0.3, -0.25) is 4.79 Å². The van der Waals surface area contributed by atoms with E-state index in [1.54, 1.807) is 6.07 Å². The molecule has 0 aliphatic heterocycles. The van der Waals surface area contributed by atoms with Crippen molar-refractivity contribution >= 4 is 15.8 Å². The van der Waals surface area contributed by atoms with Crippen molar-refractivity contribution in [2.75, 3.05) is 6.26 Å². The Labute approximate surface area is 99.6 Å².